The van der Waals surface area contributed by atoms with Crippen molar-refractivity contribution in [1.82, 2.24) is 4.31 Å². The summed E-state index contributed by atoms with van der Waals surface area (Å²) in [5, 5.41) is 2.82. The first-order chi connectivity index (χ1) is 14.8. The molecule has 5 nitrogen and oxygen atoms in total. The third-order valence-corrected chi connectivity index (χ3v) is 7.06. The van der Waals surface area contributed by atoms with Crippen LogP contribution in [0.2, 0.25) is 0 Å². The molecule has 3 rings (SSSR count). The number of nitrogens with zero attached hydrogens (tertiary/aromatic N) is 1. The number of amides is 1. The highest BCUT2D eigenvalue weighted by Crippen LogP contribution is 2.22. The zero-order chi connectivity index (χ0) is 22.4. The summed E-state index contributed by atoms with van der Waals surface area (Å²) in [7, 11) is -3.85. The van der Waals surface area contributed by atoms with Gasteiger partial charge in [0.1, 0.15) is 0 Å². The van der Waals surface area contributed by atoms with Crippen LogP contribution in [0.5, 0.6) is 0 Å². The van der Waals surface area contributed by atoms with Crippen molar-refractivity contribution in [3.05, 3.63) is 95.1 Å². The van der Waals surface area contributed by atoms with Gasteiger partial charge in [0.25, 0.3) is 0 Å². The van der Waals surface area contributed by atoms with E-state index >= 15 is 0 Å². The predicted octanol–water partition coefficient (Wildman–Crippen LogP) is 4.48. The number of hydrogen-bond donors (Lipinski definition) is 1. The standard InChI is InChI=1S/C25H28N2O3S/c1-19-8-7-11-23(16-19)26-25(28)18-27(15-14-22-9-5-4-6-10-22)31(29,30)24-17-20(2)12-13-21(24)3/h4-13,16-17H,14-15,18H2,1-3H3,(H,26,28). The molecule has 0 unspecified atom stereocenters. The third-order valence-electron chi connectivity index (χ3n) is 5.08. The second kappa shape index (κ2) is 9.90. The third kappa shape index (κ3) is 6.03. The van der Waals surface area contributed by atoms with Crippen LogP contribution >= 0.6 is 0 Å². The summed E-state index contributed by atoms with van der Waals surface area (Å²) < 4.78 is 28.3. The topological polar surface area (TPSA) is 66.5 Å². The van der Waals surface area contributed by atoms with Crippen LogP contribution in [0.3, 0.4) is 0 Å². The van der Waals surface area contributed by atoms with E-state index in [1.54, 1.807) is 25.1 Å². The van der Waals surface area contributed by atoms with E-state index in [1.807, 2.05) is 68.4 Å². The number of hydrogen-bond acceptors (Lipinski definition) is 3. The summed E-state index contributed by atoms with van der Waals surface area (Å²) in [4.78, 5) is 13.0. The molecular formula is C25H28N2O3S. The van der Waals surface area contributed by atoms with Gasteiger partial charge in [-0.1, -0.05) is 54.6 Å². The minimum Gasteiger partial charge on any atom is -0.325 e. The van der Waals surface area contributed by atoms with E-state index in [-0.39, 0.29) is 23.9 Å². The molecule has 0 aromatic heterocycles. The van der Waals surface area contributed by atoms with Crippen molar-refractivity contribution in [2.45, 2.75) is 32.1 Å². The molecule has 0 aliphatic carbocycles. The van der Waals surface area contributed by atoms with E-state index in [4.69, 9.17) is 0 Å². The van der Waals surface area contributed by atoms with E-state index in [9.17, 15) is 13.2 Å². The summed E-state index contributed by atoms with van der Waals surface area (Å²) >= 11 is 0. The van der Waals surface area contributed by atoms with Gasteiger partial charge in [-0.15, -0.1) is 0 Å². The molecule has 0 saturated carbocycles. The molecule has 1 amide bonds. The molecule has 0 fully saturated rings. The highest BCUT2D eigenvalue weighted by Gasteiger charge is 2.28. The molecule has 3 aromatic carbocycles. The molecule has 0 aliphatic rings. The zero-order valence-electron chi connectivity index (χ0n) is 18.1. The number of nitrogens with one attached hydrogen (secondary N) is 1. The van der Waals surface area contributed by atoms with Gasteiger partial charge in [-0.3, -0.25) is 4.79 Å². The predicted molar refractivity (Wildman–Crippen MR) is 125 cm³/mol. The number of sulfonamides is 1. The number of rotatable bonds is 8. The maximum Gasteiger partial charge on any atom is 0.243 e. The van der Waals surface area contributed by atoms with Crippen LogP contribution < -0.4 is 5.32 Å². The lowest BCUT2D eigenvalue weighted by molar-refractivity contribution is -0.116. The van der Waals surface area contributed by atoms with Crippen molar-refractivity contribution in [3.63, 3.8) is 0 Å². The van der Waals surface area contributed by atoms with Crippen molar-refractivity contribution in [2.24, 2.45) is 0 Å². The maximum atomic E-state index is 13.5. The number of benzene rings is 3. The van der Waals surface area contributed by atoms with Crippen LogP contribution in [0.1, 0.15) is 22.3 Å². The Labute approximate surface area is 184 Å². The monoisotopic (exact) mass is 436 g/mol. The van der Waals surface area contributed by atoms with E-state index in [2.05, 4.69) is 5.32 Å². The van der Waals surface area contributed by atoms with Crippen molar-refractivity contribution in [2.75, 3.05) is 18.4 Å². The van der Waals surface area contributed by atoms with Crippen molar-refractivity contribution >= 4 is 21.6 Å². The summed E-state index contributed by atoms with van der Waals surface area (Å²) in [6.45, 7) is 5.52. The molecule has 1 N–H and O–H groups in total. The van der Waals surface area contributed by atoms with Crippen LogP contribution in [0.25, 0.3) is 0 Å². The molecule has 0 bridgehead atoms. The normalized spacial score (nSPS) is 11.5. The Balaban J connectivity index is 1.86. The van der Waals surface area contributed by atoms with Crippen molar-refractivity contribution in [3.8, 4) is 0 Å². The lowest BCUT2D eigenvalue weighted by atomic mass is 10.1. The fraction of sp³-hybridized carbons (Fsp3) is 0.240. The smallest absolute Gasteiger partial charge is 0.243 e. The molecule has 0 heterocycles. The van der Waals surface area contributed by atoms with E-state index in [1.165, 1.54) is 4.31 Å². The van der Waals surface area contributed by atoms with E-state index < -0.39 is 10.0 Å². The van der Waals surface area contributed by atoms with Crippen LogP contribution in [-0.4, -0.2) is 31.7 Å². The van der Waals surface area contributed by atoms with Gasteiger partial charge in [0.2, 0.25) is 15.9 Å². The Kier molecular flexibility index (Phi) is 7.25. The molecule has 6 heteroatoms. The SMILES string of the molecule is Cc1cccc(NC(=O)CN(CCc2ccccc2)S(=O)(=O)c2cc(C)ccc2C)c1. The highest BCUT2D eigenvalue weighted by molar-refractivity contribution is 7.89. The molecule has 162 valence electrons. The molecule has 31 heavy (non-hydrogen) atoms. The molecule has 3 aromatic rings. The Bertz CT molecular complexity index is 1160. The molecular weight excluding hydrogens is 408 g/mol. The summed E-state index contributed by atoms with van der Waals surface area (Å²) in [6, 6.07) is 22.4. The van der Waals surface area contributed by atoms with Crippen molar-refractivity contribution < 1.29 is 13.2 Å². The minimum absolute atomic E-state index is 0.209. The van der Waals surface area contributed by atoms with Crippen LogP contribution in [0, 0.1) is 20.8 Å². The second-order valence-corrected chi connectivity index (χ2v) is 9.67. The van der Waals surface area contributed by atoms with Crippen molar-refractivity contribution in [1.29, 1.82) is 0 Å². The van der Waals surface area contributed by atoms with E-state index in [0.29, 0.717) is 17.7 Å². The maximum absolute atomic E-state index is 13.5. The lowest BCUT2D eigenvalue weighted by Gasteiger charge is -2.23. The van der Waals surface area contributed by atoms with Gasteiger partial charge in [-0.25, -0.2) is 8.42 Å². The molecule has 0 radical (unpaired) electrons. The second-order valence-electron chi connectivity index (χ2n) is 7.76. The van der Waals surface area contributed by atoms with E-state index in [0.717, 1.165) is 16.7 Å². The Morgan fingerprint density at radius 3 is 2.29 bits per heavy atom. The average Bonchev–Trinajstić information content (AvgIpc) is 2.73. The molecule has 0 spiro atoms. The number of aryl methyl sites for hydroxylation is 3. The number of anilines is 1. The summed E-state index contributed by atoms with van der Waals surface area (Å²) in [5.41, 5.74) is 4.20. The first-order valence-electron chi connectivity index (χ1n) is 10.2. The van der Waals surface area contributed by atoms with Gasteiger partial charge in [0, 0.05) is 12.2 Å². The lowest BCUT2D eigenvalue weighted by Crippen LogP contribution is -2.39. The van der Waals surface area contributed by atoms with Crippen LogP contribution in [-0.2, 0) is 21.2 Å². The quantitative estimate of drug-likeness (QED) is 0.566. The van der Waals surface area contributed by atoms with Gasteiger partial charge in [0.15, 0.2) is 0 Å². The Hall–Kier alpha value is -2.96. The summed E-state index contributed by atoms with van der Waals surface area (Å²) in [5.74, 6) is -0.368. The highest BCUT2D eigenvalue weighted by atomic mass is 32.2. The average molecular weight is 437 g/mol. The van der Waals surface area contributed by atoms with Gasteiger partial charge in [0.05, 0.1) is 11.4 Å². The Morgan fingerprint density at radius 1 is 0.871 bits per heavy atom. The van der Waals surface area contributed by atoms with Crippen LogP contribution in [0.4, 0.5) is 5.69 Å². The first-order valence-corrected chi connectivity index (χ1v) is 11.7. The number of carbonyl (C=O) groups is 1. The molecule has 0 saturated heterocycles. The molecule has 0 aliphatic heterocycles. The van der Waals surface area contributed by atoms with Gasteiger partial charge >= 0.3 is 0 Å². The fourth-order valence-corrected chi connectivity index (χ4v) is 5.10. The summed E-state index contributed by atoms with van der Waals surface area (Å²) in [6.07, 6.45) is 0.517. The minimum atomic E-state index is -3.85. The van der Waals surface area contributed by atoms with Crippen LogP contribution in [0.15, 0.2) is 77.7 Å². The largest absolute Gasteiger partial charge is 0.325 e. The fourth-order valence-electron chi connectivity index (χ4n) is 3.39. The Morgan fingerprint density at radius 2 is 1.58 bits per heavy atom. The zero-order valence-corrected chi connectivity index (χ0v) is 18.9. The number of carbonyl (C=O) groups excluding carboxylic acids is 1. The van der Waals surface area contributed by atoms with Gasteiger partial charge < -0.3 is 5.32 Å². The molecule has 0 atom stereocenters. The first kappa shape index (κ1) is 22.7. The van der Waals surface area contributed by atoms with Gasteiger partial charge in [-0.05, 0) is 67.6 Å². The van der Waals surface area contributed by atoms with Gasteiger partial charge in [-0.2, -0.15) is 4.31 Å².